The van der Waals surface area contributed by atoms with Crippen LogP contribution in [0.25, 0.3) is 61.2 Å². The predicted octanol–water partition coefficient (Wildman–Crippen LogP) is 18.4. The van der Waals surface area contributed by atoms with Crippen LogP contribution in [0, 0.1) is 42.9 Å². The number of aromatic nitrogens is 15. The number of nitrogens with one attached hydrogen (secondary N) is 5. The summed E-state index contributed by atoms with van der Waals surface area (Å²) >= 11 is 0. The summed E-state index contributed by atoms with van der Waals surface area (Å²) in [5.74, 6) is -0.451. The number of benzene rings is 4. The summed E-state index contributed by atoms with van der Waals surface area (Å²) in [5.41, 5.74) is 11.1. The Labute approximate surface area is 835 Å². The molecule has 742 valence electrons. The quantitative estimate of drug-likeness (QED) is 0.0262. The Hall–Kier alpha value is -17.9. The molecule has 14 heterocycles. The van der Waals surface area contributed by atoms with Crippen LogP contribution in [-0.2, 0) is 46.4 Å². The second-order valence-electron chi connectivity index (χ2n) is 32.8. The van der Waals surface area contributed by atoms with Crippen LogP contribution in [-0.4, -0.2) is 166 Å². The Morgan fingerprint density at radius 3 is 1.55 bits per heavy atom. The number of rotatable bonds is 25. The maximum atomic E-state index is 14.1. The van der Waals surface area contributed by atoms with E-state index in [4.69, 9.17) is 14.2 Å². The van der Waals surface area contributed by atoms with Crippen molar-refractivity contribution in [1.29, 1.82) is 0 Å². The Balaban J connectivity index is 0.000000144. The number of amides is 4. The predicted molar refractivity (Wildman–Crippen MR) is 540 cm³/mol. The molecule has 0 fully saturated rings. The van der Waals surface area contributed by atoms with Crippen LogP contribution in [0.5, 0.6) is 17.5 Å². The number of pyridine rings is 10. The summed E-state index contributed by atoms with van der Waals surface area (Å²) in [6.45, 7) is 9.90. The van der Waals surface area contributed by atoms with Crippen molar-refractivity contribution < 1.29 is 77.0 Å². The van der Waals surface area contributed by atoms with Gasteiger partial charge in [-0.1, -0.05) is 42.5 Å². The third-order valence-electron chi connectivity index (χ3n) is 21.8. The Morgan fingerprint density at radius 2 is 1.00 bits per heavy atom. The number of para-hydroxylation sites is 1. The minimum Gasteiger partial charge on any atom is -0.483 e. The second-order valence-corrected chi connectivity index (χ2v) is 37.0. The van der Waals surface area contributed by atoms with E-state index >= 15 is 0 Å². The van der Waals surface area contributed by atoms with Gasteiger partial charge in [0, 0.05) is 193 Å². The number of sulfonamides is 1. The van der Waals surface area contributed by atoms with Gasteiger partial charge >= 0.3 is 0 Å². The molecule has 18 rings (SSSR count). The van der Waals surface area contributed by atoms with Gasteiger partial charge in [-0.3, -0.25) is 33.9 Å². The summed E-state index contributed by atoms with van der Waals surface area (Å²) in [4.78, 5) is 115. The largest absolute Gasteiger partial charge is 0.483 e. The summed E-state index contributed by atoms with van der Waals surface area (Å²) < 4.78 is 139. The number of methoxy groups -OCH3 is 1. The van der Waals surface area contributed by atoms with Crippen molar-refractivity contribution in [3.05, 3.63) is 367 Å². The fraction of sp³-hybridized carbons (Fsp3) is 0.152. The third kappa shape index (κ3) is 27.9. The summed E-state index contributed by atoms with van der Waals surface area (Å²) in [7, 11) is -1.24. The van der Waals surface area contributed by atoms with Crippen molar-refractivity contribution in [3.63, 3.8) is 0 Å². The van der Waals surface area contributed by atoms with Gasteiger partial charge in [0.2, 0.25) is 39.5 Å². The first kappa shape index (κ1) is 104. The highest BCUT2D eigenvalue weighted by Gasteiger charge is 2.33. The van der Waals surface area contributed by atoms with Gasteiger partial charge in [0.25, 0.3) is 5.91 Å². The lowest BCUT2D eigenvalue weighted by Gasteiger charge is -2.19. The number of aryl methyl sites for hydroxylation is 2. The smallest absolute Gasteiger partial charge is 0.263 e. The molecule has 17 aromatic rings. The number of anilines is 8. The van der Waals surface area contributed by atoms with E-state index in [1.807, 2.05) is 93.7 Å². The van der Waals surface area contributed by atoms with Gasteiger partial charge in [0.15, 0.2) is 27.2 Å². The number of ketones is 1. The molecule has 34 nitrogen and oxygen atoms in total. The van der Waals surface area contributed by atoms with Gasteiger partial charge in [-0.15, -0.1) is 0 Å². The lowest BCUT2D eigenvalue weighted by Crippen LogP contribution is -2.28. The van der Waals surface area contributed by atoms with Gasteiger partial charge in [-0.05, 0) is 211 Å². The first-order chi connectivity index (χ1) is 70.0. The Bertz CT molecular complexity index is 7920. The van der Waals surface area contributed by atoms with Crippen molar-refractivity contribution in [2.24, 2.45) is 0 Å². The molecule has 2 atom stereocenters. The van der Waals surface area contributed by atoms with E-state index < -0.39 is 60.6 Å². The van der Waals surface area contributed by atoms with Crippen molar-refractivity contribution >= 4 is 101 Å². The number of sulfone groups is 1. The number of carbonyl (C=O) groups is 5. The molecule has 13 aromatic heterocycles. The molecule has 0 saturated carbocycles. The molecule has 4 amide bonds. The van der Waals surface area contributed by atoms with Crippen LogP contribution in [0.4, 0.5) is 68.4 Å². The molecule has 0 spiro atoms. The van der Waals surface area contributed by atoms with E-state index in [0.717, 1.165) is 67.6 Å². The maximum Gasteiger partial charge on any atom is 0.263 e. The SMILES string of the molecule is CC(=O)Nc1cc(-c2cnc3c(c2)S(=O)(=O)CC(c2ccccc2)CO3)ccn1.CC(=O)Nc1cc(-c2cncc(CC(=O)c3ccc(F)cc3F)c2)ccn1.COc1ncc(-c2ccnc(NC(C)=O)c2)cc1C(=O)N(C)c1ccc(F)cc1F.Cc1nccc(Nc2cc(-c3cc(CS(=O)(=O)N(C)C)c4ccnn4c3)ccn2)n1.Cc1nccc(Nc2cc(-c3cncc(C(C)Oc4ccccc4F)c3)ccn2)n1. The molecule has 0 radical (unpaired) electrons. The molecule has 1 aliphatic heterocycles. The van der Waals surface area contributed by atoms with E-state index in [-0.39, 0.29) is 93.5 Å². The maximum absolute atomic E-state index is 14.1. The first-order valence-electron chi connectivity index (χ1n) is 44.6. The van der Waals surface area contributed by atoms with Crippen LogP contribution >= 0.6 is 0 Å². The van der Waals surface area contributed by atoms with Crippen molar-refractivity contribution in [3.8, 4) is 73.1 Å². The normalized spacial score (nSPS) is 12.4. The van der Waals surface area contributed by atoms with Crippen LogP contribution in [0.2, 0.25) is 0 Å². The molecule has 0 aliphatic carbocycles. The van der Waals surface area contributed by atoms with Crippen molar-refractivity contribution in [2.75, 3.05) is 72.1 Å². The van der Waals surface area contributed by atoms with E-state index in [1.165, 1.54) is 84.1 Å². The second kappa shape index (κ2) is 47.6. The number of halogens is 5. The fourth-order valence-corrected chi connectivity index (χ4v) is 17.3. The average molecular weight is 2010 g/mol. The summed E-state index contributed by atoms with van der Waals surface area (Å²) in [6, 6.07) is 53.4. The number of carbonyl (C=O) groups excluding carboxylic acids is 5. The number of fused-ring (bicyclic) bond motifs is 2. The van der Waals surface area contributed by atoms with Crippen molar-refractivity contribution in [1.82, 2.24) is 78.7 Å². The zero-order valence-corrected chi connectivity index (χ0v) is 81.5. The fourth-order valence-electron chi connectivity index (χ4n) is 14.7. The molecule has 1 aliphatic rings. The molecule has 0 bridgehead atoms. The molecule has 146 heavy (non-hydrogen) atoms. The van der Waals surface area contributed by atoms with Crippen LogP contribution in [0.15, 0.2) is 298 Å². The lowest BCUT2D eigenvalue weighted by atomic mass is 10.0. The van der Waals surface area contributed by atoms with Crippen LogP contribution < -0.4 is 45.7 Å². The minimum atomic E-state index is -3.61. The molecule has 41 heteroatoms. The summed E-state index contributed by atoms with van der Waals surface area (Å²) in [6.07, 6.45) is 24.1. The van der Waals surface area contributed by atoms with E-state index in [1.54, 1.807) is 164 Å². The topological polar surface area (TPSA) is 433 Å². The molecule has 0 saturated heterocycles. The van der Waals surface area contributed by atoms with E-state index in [9.17, 15) is 62.8 Å². The van der Waals surface area contributed by atoms with Gasteiger partial charge < -0.3 is 45.7 Å². The van der Waals surface area contributed by atoms with Crippen LogP contribution in [0.3, 0.4) is 0 Å². The van der Waals surface area contributed by atoms with Crippen LogP contribution in [0.1, 0.15) is 94.3 Å². The molecular weight excluding hydrogens is 1920 g/mol. The highest BCUT2D eigenvalue weighted by molar-refractivity contribution is 7.91. The van der Waals surface area contributed by atoms with Gasteiger partial charge in [-0.2, -0.15) is 5.10 Å². The van der Waals surface area contributed by atoms with E-state index in [0.29, 0.717) is 103 Å². The monoisotopic (exact) mass is 2010 g/mol. The first-order valence-corrected chi connectivity index (χ1v) is 47.9. The average Bonchev–Trinajstić information content (AvgIpc) is 1.59. The zero-order chi connectivity index (χ0) is 104. The van der Waals surface area contributed by atoms with Gasteiger partial charge in [0.1, 0.15) is 92.2 Å². The lowest BCUT2D eigenvalue weighted by molar-refractivity contribution is -0.115. The zero-order valence-electron chi connectivity index (χ0n) is 79.9. The number of nitrogens with zero attached hydrogens (tertiary/aromatic N) is 17. The summed E-state index contributed by atoms with van der Waals surface area (Å²) in [5, 5.41) is 18.4. The molecule has 4 aromatic carbocycles. The number of Topliss-reactive ketones (excluding diaryl/α,β-unsaturated/α-hetero) is 1. The third-order valence-corrected chi connectivity index (χ3v) is 25.4. The highest BCUT2D eigenvalue weighted by atomic mass is 32.2. The molecule has 5 N–H and O–H groups in total. The highest BCUT2D eigenvalue weighted by Crippen LogP contribution is 2.38. The molecule has 2 unspecified atom stereocenters. The molecular formula is C105H93F5N22O12S2. The van der Waals surface area contributed by atoms with E-state index in [2.05, 4.69) is 96.5 Å². The number of hydrogen-bond donors (Lipinski definition) is 5. The number of ether oxygens (including phenoxy) is 3. The number of hydrogen-bond acceptors (Lipinski definition) is 28. The minimum absolute atomic E-state index is 0.0502. The van der Waals surface area contributed by atoms with Crippen molar-refractivity contribution in [2.45, 2.75) is 70.6 Å². The van der Waals surface area contributed by atoms with Gasteiger partial charge in [-0.25, -0.2) is 102 Å². The Morgan fingerprint density at radius 1 is 0.493 bits per heavy atom. The van der Waals surface area contributed by atoms with Gasteiger partial charge in [0.05, 0.1) is 42.0 Å². The Kier molecular flexibility index (Phi) is 33.9. The standard InChI is InChI=1S/C23H20FN5O.C21H18F2N4O3.C21H19N3O4S.C20H15F2N3O2.C20H21N7O2S/c1-15(30-21-6-4-3-5-20(21)24)18-11-19(14-25-13-18)17-7-9-27-23(12-17)29-22-8-10-26-16(2)28-22;1-12(28)26-19-9-13(6-7-24-19)14-8-16(20(30-3)25-11-14)21(29)27(2)18-5-4-15(22)10-17(18)23;1-14(25)24-20-10-16(7-8-22-20)17-9-19-21(23-11-17)28-12-18(13-29(19,26)27)15-5-3-2-4-6-15;1-12(26)25-20-8-14(4-5-24-20)15-6-13(10-23-11-15)7-19(27)17-3-2-16(21)9-18(17)22;1-14-21-8-6-19(24-14)25-20-11-15(4-7-22-20)16-10-17(13-30(28,29)26(2)3)18-5-9-23-27(18)12-16/h3-15H,1-2H3,(H,26,27,28,29);4-11H,1-3H3,(H,24,26,28);2-11,18H,12-13H2,1H3,(H,22,24,25);2-6,8-11H,7H2,1H3,(H,24,25,26);4-12H,13H2,1-3H3,(H,21,22,24,25).